The molecule has 0 heterocycles. The van der Waals surface area contributed by atoms with Crippen molar-refractivity contribution in [3.63, 3.8) is 0 Å². The second-order valence-corrected chi connectivity index (χ2v) is 12.4. The minimum absolute atomic E-state index is 0.0944. The van der Waals surface area contributed by atoms with E-state index < -0.39 is 46.2 Å². The first kappa shape index (κ1) is 33.4. The number of benzene rings is 3. The summed E-state index contributed by atoms with van der Waals surface area (Å²) in [5.74, 6) is -0.592. The predicted molar refractivity (Wildman–Crippen MR) is 159 cm³/mol. The topological polar surface area (TPSA) is 96.0 Å². The molecular weight excluding hydrogens is 583 g/mol. The third-order valence-electron chi connectivity index (χ3n) is 6.58. The molecule has 0 unspecified atom stereocenters. The Hall–Kier alpha value is -4.06. The van der Waals surface area contributed by atoms with Gasteiger partial charge in [-0.25, -0.2) is 8.42 Å². The molecule has 3 rings (SSSR count). The highest BCUT2D eigenvalue weighted by atomic mass is 32.2. The lowest BCUT2D eigenvalue weighted by Crippen LogP contribution is -2.53. The Morgan fingerprint density at radius 1 is 0.930 bits per heavy atom. The number of amides is 2. The number of carbonyl (C=O) groups excluding carboxylic acids is 2. The maximum absolute atomic E-state index is 14.1. The second-order valence-electron chi connectivity index (χ2n) is 10.5. The lowest BCUT2D eigenvalue weighted by Gasteiger charge is -2.33. The van der Waals surface area contributed by atoms with Crippen molar-refractivity contribution >= 4 is 27.5 Å². The van der Waals surface area contributed by atoms with Crippen molar-refractivity contribution in [2.45, 2.75) is 39.0 Å². The maximum atomic E-state index is 14.1. The molecule has 0 radical (unpaired) electrons. The zero-order valence-electron chi connectivity index (χ0n) is 24.5. The molecule has 0 fully saturated rings. The Bertz CT molecular complexity index is 1500. The summed E-state index contributed by atoms with van der Waals surface area (Å²) in [6.45, 7) is 3.26. The van der Waals surface area contributed by atoms with E-state index in [1.807, 2.05) is 32.0 Å². The van der Waals surface area contributed by atoms with Gasteiger partial charge in [-0.1, -0.05) is 62.4 Å². The summed E-state index contributed by atoms with van der Waals surface area (Å²) in [6.07, 6.45) is -3.80. The smallest absolute Gasteiger partial charge is 0.416 e. The number of nitrogens with zero attached hydrogens (tertiary/aromatic N) is 2. The number of nitrogens with one attached hydrogen (secondary N) is 1. The fourth-order valence-electron chi connectivity index (χ4n) is 4.40. The van der Waals surface area contributed by atoms with Crippen molar-refractivity contribution in [1.82, 2.24) is 10.2 Å². The number of carbonyl (C=O) groups is 2. The SMILES string of the molecule is COc1cccc(CN(C(=O)CN(c2cccc(C(F)(F)F)c2)S(C)(=O)=O)[C@@H](Cc2ccccc2)C(=O)NCC(C)C)c1. The van der Waals surface area contributed by atoms with Crippen LogP contribution in [0.5, 0.6) is 5.75 Å². The average molecular weight is 620 g/mol. The van der Waals surface area contributed by atoms with Gasteiger partial charge in [-0.15, -0.1) is 0 Å². The molecule has 0 aliphatic rings. The molecule has 0 bridgehead atoms. The highest BCUT2D eigenvalue weighted by Gasteiger charge is 2.35. The van der Waals surface area contributed by atoms with E-state index in [-0.39, 0.29) is 24.6 Å². The second kappa shape index (κ2) is 14.4. The Labute approximate surface area is 250 Å². The van der Waals surface area contributed by atoms with Crippen LogP contribution in [0.3, 0.4) is 0 Å². The summed E-state index contributed by atoms with van der Waals surface area (Å²) >= 11 is 0. The van der Waals surface area contributed by atoms with E-state index in [4.69, 9.17) is 4.74 Å². The molecule has 0 aromatic heterocycles. The van der Waals surface area contributed by atoms with Crippen molar-refractivity contribution < 1.29 is 35.9 Å². The van der Waals surface area contributed by atoms with Crippen LogP contribution in [-0.4, -0.2) is 57.6 Å². The molecule has 0 saturated heterocycles. The van der Waals surface area contributed by atoms with Crippen LogP contribution in [0.4, 0.5) is 18.9 Å². The molecule has 0 spiro atoms. The molecule has 43 heavy (non-hydrogen) atoms. The van der Waals surface area contributed by atoms with Crippen LogP contribution in [-0.2, 0) is 38.8 Å². The zero-order valence-corrected chi connectivity index (χ0v) is 25.3. The van der Waals surface area contributed by atoms with E-state index in [2.05, 4.69) is 5.32 Å². The van der Waals surface area contributed by atoms with Gasteiger partial charge in [0.15, 0.2) is 0 Å². The Balaban J connectivity index is 2.09. The number of hydrogen-bond acceptors (Lipinski definition) is 5. The Morgan fingerprint density at radius 3 is 2.19 bits per heavy atom. The van der Waals surface area contributed by atoms with Gasteiger partial charge in [-0.05, 0) is 47.4 Å². The number of ether oxygens (including phenoxy) is 1. The monoisotopic (exact) mass is 619 g/mol. The van der Waals surface area contributed by atoms with E-state index in [0.717, 1.165) is 24.0 Å². The van der Waals surface area contributed by atoms with Crippen LogP contribution in [0.2, 0.25) is 0 Å². The first-order chi connectivity index (χ1) is 20.2. The minimum atomic E-state index is -4.73. The van der Waals surface area contributed by atoms with Gasteiger partial charge in [-0.3, -0.25) is 13.9 Å². The highest BCUT2D eigenvalue weighted by molar-refractivity contribution is 7.92. The summed E-state index contributed by atoms with van der Waals surface area (Å²) in [5, 5.41) is 2.87. The van der Waals surface area contributed by atoms with Crippen LogP contribution in [0.25, 0.3) is 0 Å². The van der Waals surface area contributed by atoms with Gasteiger partial charge in [0.25, 0.3) is 0 Å². The average Bonchev–Trinajstić information content (AvgIpc) is 2.96. The van der Waals surface area contributed by atoms with Gasteiger partial charge in [0.05, 0.1) is 24.6 Å². The fourth-order valence-corrected chi connectivity index (χ4v) is 5.24. The third-order valence-corrected chi connectivity index (χ3v) is 7.72. The molecule has 2 amide bonds. The van der Waals surface area contributed by atoms with Gasteiger partial charge in [0, 0.05) is 19.5 Å². The van der Waals surface area contributed by atoms with Gasteiger partial charge in [-0.2, -0.15) is 13.2 Å². The lowest BCUT2D eigenvalue weighted by atomic mass is 10.0. The maximum Gasteiger partial charge on any atom is 0.416 e. The third kappa shape index (κ3) is 9.74. The molecule has 0 aliphatic heterocycles. The molecule has 8 nitrogen and oxygen atoms in total. The van der Waals surface area contributed by atoms with E-state index >= 15 is 0 Å². The summed E-state index contributed by atoms with van der Waals surface area (Å²) < 4.78 is 72.0. The van der Waals surface area contributed by atoms with Gasteiger partial charge in [0.2, 0.25) is 21.8 Å². The number of halogens is 3. The molecule has 1 atom stereocenters. The standard InChI is InChI=1S/C31H36F3N3O5S/c1-22(2)19-35-30(39)28(17-23-10-6-5-7-11-23)36(20-24-12-8-15-27(16-24)42-3)29(38)21-37(43(4,40)41)26-14-9-13-25(18-26)31(32,33)34/h5-16,18,22,28H,17,19-21H2,1-4H3,(H,35,39)/t28-/m0/s1. The van der Waals surface area contributed by atoms with Crippen LogP contribution < -0.4 is 14.4 Å². The van der Waals surface area contributed by atoms with Gasteiger partial charge >= 0.3 is 6.18 Å². The Kier molecular flexibility index (Phi) is 11.2. The molecule has 3 aromatic carbocycles. The van der Waals surface area contributed by atoms with Gasteiger partial charge < -0.3 is 15.0 Å². The number of anilines is 1. The highest BCUT2D eigenvalue weighted by Crippen LogP contribution is 2.32. The van der Waals surface area contributed by atoms with E-state index in [1.165, 1.54) is 18.1 Å². The molecule has 3 aromatic rings. The fraction of sp³-hybridized carbons (Fsp3) is 0.355. The van der Waals surface area contributed by atoms with Crippen molar-refractivity contribution in [3.8, 4) is 5.75 Å². The zero-order chi connectivity index (χ0) is 31.8. The first-order valence-corrected chi connectivity index (χ1v) is 15.4. The number of sulfonamides is 1. The first-order valence-electron chi connectivity index (χ1n) is 13.6. The Morgan fingerprint density at radius 2 is 1.58 bits per heavy atom. The molecule has 1 N–H and O–H groups in total. The lowest BCUT2D eigenvalue weighted by molar-refractivity contribution is -0.140. The minimum Gasteiger partial charge on any atom is -0.497 e. The molecule has 232 valence electrons. The predicted octanol–water partition coefficient (Wildman–Crippen LogP) is 4.89. The van der Waals surface area contributed by atoms with Crippen LogP contribution in [0, 0.1) is 5.92 Å². The van der Waals surface area contributed by atoms with E-state index in [9.17, 15) is 31.2 Å². The summed E-state index contributed by atoms with van der Waals surface area (Å²) in [6, 6.07) is 18.6. The van der Waals surface area contributed by atoms with E-state index in [1.54, 1.807) is 36.4 Å². The molecule has 0 aliphatic carbocycles. The van der Waals surface area contributed by atoms with Crippen molar-refractivity contribution in [2.75, 3.05) is 30.8 Å². The van der Waals surface area contributed by atoms with Gasteiger partial charge in [0.1, 0.15) is 18.3 Å². The normalized spacial score (nSPS) is 12.5. The number of rotatable bonds is 13. The number of methoxy groups -OCH3 is 1. The van der Waals surface area contributed by atoms with Crippen LogP contribution in [0.15, 0.2) is 78.9 Å². The number of hydrogen-bond donors (Lipinski definition) is 1. The molecular formula is C31H36F3N3O5S. The molecule has 0 saturated carbocycles. The van der Waals surface area contributed by atoms with Crippen molar-refractivity contribution in [3.05, 3.63) is 95.6 Å². The summed E-state index contributed by atoms with van der Waals surface area (Å²) in [7, 11) is -2.74. The molecule has 12 heteroatoms. The largest absolute Gasteiger partial charge is 0.497 e. The summed E-state index contributed by atoms with van der Waals surface area (Å²) in [5.41, 5.74) is -0.0221. The van der Waals surface area contributed by atoms with Crippen LogP contribution in [0.1, 0.15) is 30.5 Å². The van der Waals surface area contributed by atoms with E-state index in [0.29, 0.717) is 28.2 Å². The van der Waals surface area contributed by atoms with Crippen molar-refractivity contribution in [1.29, 1.82) is 0 Å². The van der Waals surface area contributed by atoms with Crippen molar-refractivity contribution in [2.24, 2.45) is 5.92 Å². The summed E-state index contributed by atoms with van der Waals surface area (Å²) in [4.78, 5) is 29.0. The van der Waals surface area contributed by atoms with Crippen LogP contribution >= 0.6 is 0 Å². The quantitative estimate of drug-likeness (QED) is 0.294. The number of alkyl halides is 3.